The third kappa shape index (κ3) is 3.33. The van der Waals surface area contributed by atoms with Gasteiger partial charge in [0.15, 0.2) is 0 Å². The van der Waals surface area contributed by atoms with Crippen LogP contribution in [0.15, 0.2) is 18.2 Å². The molecule has 3 nitrogen and oxygen atoms in total. The van der Waals surface area contributed by atoms with E-state index in [1.165, 1.54) is 23.9 Å². The predicted molar refractivity (Wildman–Crippen MR) is 79.4 cm³/mol. The molecule has 0 atom stereocenters. The van der Waals surface area contributed by atoms with Crippen molar-refractivity contribution in [2.45, 2.75) is 37.0 Å². The Labute approximate surface area is 123 Å². The molecule has 1 fully saturated rings. The van der Waals surface area contributed by atoms with Crippen molar-refractivity contribution >= 4 is 17.7 Å². The zero-order valence-electron chi connectivity index (χ0n) is 11.6. The highest BCUT2D eigenvalue weighted by Gasteiger charge is 2.34. The lowest BCUT2D eigenvalue weighted by molar-refractivity contribution is 0.0838. The number of amides is 1. The van der Waals surface area contributed by atoms with Gasteiger partial charge in [-0.2, -0.15) is 11.8 Å². The van der Waals surface area contributed by atoms with Crippen LogP contribution in [-0.4, -0.2) is 29.4 Å². The number of rotatable bonds is 5. The second-order valence-corrected chi connectivity index (χ2v) is 6.20. The summed E-state index contributed by atoms with van der Waals surface area (Å²) < 4.78 is 13.6. The number of benzene rings is 1. The molecule has 20 heavy (non-hydrogen) atoms. The minimum absolute atomic E-state index is 0.0440. The summed E-state index contributed by atoms with van der Waals surface area (Å²) in [4.78, 5) is 12.3. The average molecular weight is 297 g/mol. The van der Waals surface area contributed by atoms with Gasteiger partial charge in [0.25, 0.3) is 5.91 Å². The molecule has 1 amide bonds. The SMILES string of the molecule is CSCc1cc(C(=O)NC2(CO)CCCC2)ccc1F. The first kappa shape index (κ1) is 15.3. The Morgan fingerprint density at radius 2 is 2.15 bits per heavy atom. The van der Waals surface area contributed by atoms with Crippen LogP contribution in [0.25, 0.3) is 0 Å². The van der Waals surface area contributed by atoms with E-state index in [1.54, 1.807) is 6.07 Å². The van der Waals surface area contributed by atoms with Crippen LogP contribution in [0, 0.1) is 5.82 Å². The zero-order chi connectivity index (χ0) is 14.6. The Morgan fingerprint density at radius 1 is 1.45 bits per heavy atom. The topological polar surface area (TPSA) is 49.3 Å². The largest absolute Gasteiger partial charge is 0.394 e. The molecule has 0 aromatic heterocycles. The smallest absolute Gasteiger partial charge is 0.251 e. The van der Waals surface area contributed by atoms with E-state index in [9.17, 15) is 14.3 Å². The Balaban J connectivity index is 2.14. The van der Waals surface area contributed by atoms with Crippen LogP contribution in [0.2, 0.25) is 0 Å². The molecule has 2 N–H and O–H groups in total. The maximum atomic E-state index is 13.6. The fraction of sp³-hybridized carbons (Fsp3) is 0.533. The number of nitrogens with one attached hydrogen (secondary N) is 1. The second kappa shape index (κ2) is 6.59. The molecule has 1 aromatic rings. The average Bonchev–Trinajstić information content (AvgIpc) is 2.90. The van der Waals surface area contributed by atoms with Gasteiger partial charge in [-0.3, -0.25) is 4.79 Å². The maximum Gasteiger partial charge on any atom is 0.251 e. The third-order valence-corrected chi connectivity index (χ3v) is 4.45. The van der Waals surface area contributed by atoms with Gasteiger partial charge in [-0.05, 0) is 42.9 Å². The molecule has 1 saturated carbocycles. The summed E-state index contributed by atoms with van der Waals surface area (Å²) in [7, 11) is 0. The normalized spacial score (nSPS) is 17.1. The van der Waals surface area contributed by atoms with E-state index in [-0.39, 0.29) is 18.3 Å². The lowest BCUT2D eigenvalue weighted by Crippen LogP contribution is -2.49. The highest BCUT2D eigenvalue weighted by atomic mass is 32.2. The van der Waals surface area contributed by atoms with Gasteiger partial charge < -0.3 is 10.4 Å². The quantitative estimate of drug-likeness (QED) is 0.878. The van der Waals surface area contributed by atoms with Crippen molar-refractivity contribution in [3.8, 4) is 0 Å². The lowest BCUT2D eigenvalue weighted by atomic mass is 9.98. The van der Waals surface area contributed by atoms with Crippen LogP contribution in [0.1, 0.15) is 41.6 Å². The van der Waals surface area contributed by atoms with Gasteiger partial charge in [-0.25, -0.2) is 4.39 Å². The van der Waals surface area contributed by atoms with Crippen LogP contribution in [-0.2, 0) is 5.75 Å². The van der Waals surface area contributed by atoms with E-state index < -0.39 is 5.54 Å². The second-order valence-electron chi connectivity index (χ2n) is 5.34. The van der Waals surface area contributed by atoms with Gasteiger partial charge >= 0.3 is 0 Å². The Hall–Kier alpha value is -1.07. The molecule has 0 heterocycles. The van der Waals surface area contributed by atoms with Gasteiger partial charge in [0, 0.05) is 11.3 Å². The molecule has 0 radical (unpaired) electrons. The molecule has 1 aromatic carbocycles. The summed E-state index contributed by atoms with van der Waals surface area (Å²) in [6.07, 6.45) is 5.53. The summed E-state index contributed by atoms with van der Waals surface area (Å²) in [5, 5.41) is 12.4. The molecule has 0 aliphatic heterocycles. The van der Waals surface area contributed by atoms with E-state index in [4.69, 9.17) is 0 Å². The lowest BCUT2D eigenvalue weighted by Gasteiger charge is -2.28. The van der Waals surface area contributed by atoms with E-state index in [0.717, 1.165) is 25.7 Å². The first-order valence-corrected chi connectivity index (χ1v) is 8.20. The van der Waals surface area contributed by atoms with Crippen LogP contribution in [0.4, 0.5) is 4.39 Å². The van der Waals surface area contributed by atoms with Gasteiger partial charge in [0.05, 0.1) is 12.1 Å². The Bertz CT molecular complexity index is 487. The number of hydrogen-bond acceptors (Lipinski definition) is 3. The number of halogens is 1. The summed E-state index contributed by atoms with van der Waals surface area (Å²) in [5.41, 5.74) is 0.496. The van der Waals surface area contributed by atoms with Gasteiger partial charge in [-0.1, -0.05) is 12.8 Å². The summed E-state index contributed by atoms with van der Waals surface area (Å²) in [6.45, 7) is -0.0440. The van der Waals surface area contributed by atoms with Crippen molar-refractivity contribution in [2.24, 2.45) is 0 Å². The molecular formula is C15H20FNO2S. The molecular weight excluding hydrogens is 277 g/mol. The minimum Gasteiger partial charge on any atom is -0.394 e. The molecule has 1 aliphatic rings. The van der Waals surface area contributed by atoms with E-state index in [0.29, 0.717) is 16.9 Å². The molecule has 0 saturated heterocycles. The van der Waals surface area contributed by atoms with Gasteiger partial charge in [0.1, 0.15) is 5.82 Å². The molecule has 5 heteroatoms. The number of carbonyl (C=O) groups excluding carboxylic acids is 1. The van der Waals surface area contributed by atoms with Gasteiger partial charge in [-0.15, -0.1) is 0 Å². The van der Waals surface area contributed by atoms with Crippen molar-refractivity contribution in [1.29, 1.82) is 0 Å². The number of aliphatic hydroxyl groups is 1. The van der Waals surface area contributed by atoms with Crippen LogP contribution in [0.5, 0.6) is 0 Å². The monoisotopic (exact) mass is 297 g/mol. The van der Waals surface area contributed by atoms with E-state index in [2.05, 4.69) is 5.32 Å². The standard InChI is InChI=1S/C15H20FNO2S/c1-20-9-12-8-11(4-5-13(12)16)14(19)17-15(10-18)6-2-3-7-15/h4-5,8,18H,2-3,6-7,9-10H2,1H3,(H,17,19). The fourth-order valence-corrected chi connectivity index (χ4v) is 3.20. The van der Waals surface area contributed by atoms with Crippen LogP contribution < -0.4 is 5.32 Å². The maximum absolute atomic E-state index is 13.6. The summed E-state index contributed by atoms with van der Waals surface area (Å²) in [5.74, 6) is 0.0231. The predicted octanol–water partition coefficient (Wildman–Crippen LogP) is 2.72. The number of thioether (sulfide) groups is 1. The highest BCUT2D eigenvalue weighted by Crippen LogP contribution is 2.29. The van der Waals surface area contributed by atoms with Crippen LogP contribution >= 0.6 is 11.8 Å². The minimum atomic E-state index is -0.495. The molecule has 110 valence electrons. The highest BCUT2D eigenvalue weighted by molar-refractivity contribution is 7.97. The number of aliphatic hydroxyl groups excluding tert-OH is 1. The number of hydrogen-bond donors (Lipinski definition) is 2. The van der Waals surface area contributed by atoms with Crippen molar-refractivity contribution in [3.05, 3.63) is 35.1 Å². The van der Waals surface area contributed by atoms with Crippen molar-refractivity contribution in [3.63, 3.8) is 0 Å². The van der Waals surface area contributed by atoms with E-state index in [1.807, 2.05) is 6.26 Å². The molecule has 0 spiro atoms. The fourth-order valence-electron chi connectivity index (χ4n) is 2.67. The summed E-state index contributed by atoms with van der Waals surface area (Å²) in [6, 6.07) is 4.43. The Kier molecular flexibility index (Phi) is 5.05. The first-order valence-electron chi connectivity index (χ1n) is 6.81. The zero-order valence-corrected chi connectivity index (χ0v) is 12.4. The van der Waals surface area contributed by atoms with Gasteiger partial charge in [0.2, 0.25) is 0 Å². The first-order chi connectivity index (χ1) is 9.60. The summed E-state index contributed by atoms with van der Waals surface area (Å²) >= 11 is 1.51. The Morgan fingerprint density at radius 3 is 2.75 bits per heavy atom. The van der Waals surface area contributed by atoms with E-state index >= 15 is 0 Å². The van der Waals surface area contributed by atoms with Crippen LogP contribution in [0.3, 0.4) is 0 Å². The van der Waals surface area contributed by atoms with Crippen molar-refractivity contribution < 1.29 is 14.3 Å². The molecule has 1 aliphatic carbocycles. The third-order valence-electron chi connectivity index (χ3n) is 3.85. The molecule has 0 bridgehead atoms. The molecule has 2 rings (SSSR count). The number of carbonyl (C=O) groups is 1. The van der Waals surface area contributed by atoms with Crippen molar-refractivity contribution in [2.75, 3.05) is 12.9 Å². The van der Waals surface area contributed by atoms with Crippen molar-refractivity contribution in [1.82, 2.24) is 5.32 Å². The molecule has 0 unspecified atom stereocenters.